The maximum atomic E-state index is 12.0. The number of nitrogens with zero attached hydrogens (tertiary/aromatic N) is 2. The lowest BCUT2D eigenvalue weighted by Crippen LogP contribution is -2.27. The number of hydrogen-bond donors (Lipinski definition) is 1. The highest BCUT2D eigenvalue weighted by atomic mass is 32.2. The SMILES string of the molecule is CCOC(=O)c1nc(N2CC(CS(N)(=O)=O)CC2=O)sc1C. The van der Waals surface area contributed by atoms with Crippen LogP contribution in [0.15, 0.2) is 0 Å². The molecule has 0 aromatic carbocycles. The van der Waals surface area contributed by atoms with E-state index in [1.807, 2.05) is 0 Å². The summed E-state index contributed by atoms with van der Waals surface area (Å²) in [6.45, 7) is 3.88. The van der Waals surface area contributed by atoms with Crippen LogP contribution in [0.3, 0.4) is 0 Å². The monoisotopic (exact) mass is 347 g/mol. The third kappa shape index (κ3) is 3.81. The number of aromatic nitrogens is 1. The number of carbonyl (C=O) groups excluding carboxylic acids is 2. The van der Waals surface area contributed by atoms with Gasteiger partial charge in [-0.25, -0.2) is 23.3 Å². The van der Waals surface area contributed by atoms with Crippen LogP contribution in [0.4, 0.5) is 5.13 Å². The number of carbonyl (C=O) groups is 2. The normalized spacial score (nSPS) is 18.8. The molecular formula is C12H17N3O5S2. The summed E-state index contributed by atoms with van der Waals surface area (Å²) in [5.41, 5.74) is 0.185. The van der Waals surface area contributed by atoms with Crippen LogP contribution in [0, 0.1) is 12.8 Å². The quantitative estimate of drug-likeness (QED) is 0.763. The van der Waals surface area contributed by atoms with Crippen molar-refractivity contribution in [2.75, 3.05) is 23.8 Å². The van der Waals surface area contributed by atoms with Gasteiger partial charge in [-0.2, -0.15) is 0 Å². The van der Waals surface area contributed by atoms with Crippen molar-refractivity contribution in [2.24, 2.45) is 11.1 Å². The topological polar surface area (TPSA) is 120 Å². The molecule has 0 aliphatic carbocycles. The molecule has 1 saturated heterocycles. The number of anilines is 1. The standard InChI is InChI=1S/C12H17N3O5S2/c1-3-20-11(17)10-7(2)21-12(14-10)15-5-8(4-9(15)16)6-22(13,18)19/h8H,3-6H2,1-2H3,(H2,13,18,19). The van der Waals surface area contributed by atoms with E-state index in [0.717, 1.165) is 0 Å². The highest BCUT2D eigenvalue weighted by molar-refractivity contribution is 7.89. The van der Waals surface area contributed by atoms with E-state index >= 15 is 0 Å². The molecule has 1 aliphatic heterocycles. The molecule has 1 aromatic rings. The molecule has 1 amide bonds. The second kappa shape index (κ2) is 6.31. The van der Waals surface area contributed by atoms with E-state index in [0.29, 0.717) is 10.0 Å². The second-order valence-corrected chi connectivity index (χ2v) is 7.87. The van der Waals surface area contributed by atoms with Gasteiger partial charge in [-0.05, 0) is 13.8 Å². The Bertz CT molecular complexity index is 698. The Morgan fingerprint density at radius 1 is 1.55 bits per heavy atom. The van der Waals surface area contributed by atoms with Gasteiger partial charge in [-0.1, -0.05) is 0 Å². The number of esters is 1. The lowest BCUT2D eigenvalue weighted by molar-refractivity contribution is -0.117. The Balaban J connectivity index is 2.17. The summed E-state index contributed by atoms with van der Waals surface area (Å²) in [4.78, 5) is 30.0. The first-order valence-electron chi connectivity index (χ1n) is 6.66. The Morgan fingerprint density at radius 3 is 2.82 bits per heavy atom. The minimum absolute atomic E-state index is 0.101. The summed E-state index contributed by atoms with van der Waals surface area (Å²) in [6.07, 6.45) is 0.101. The third-order valence-electron chi connectivity index (χ3n) is 3.16. The smallest absolute Gasteiger partial charge is 0.358 e. The van der Waals surface area contributed by atoms with E-state index < -0.39 is 16.0 Å². The molecule has 2 rings (SSSR count). The Morgan fingerprint density at radius 2 is 2.23 bits per heavy atom. The second-order valence-electron chi connectivity index (χ2n) is 5.03. The molecule has 1 fully saturated rings. The summed E-state index contributed by atoms with van der Waals surface area (Å²) in [5.74, 6) is -1.37. The number of rotatable bonds is 5. The molecule has 1 unspecified atom stereocenters. The molecule has 0 bridgehead atoms. The average molecular weight is 347 g/mol. The van der Waals surface area contributed by atoms with Crippen molar-refractivity contribution in [1.82, 2.24) is 4.98 Å². The van der Waals surface area contributed by atoms with Gasteiger partial charge in [0.15, 0.2) is 10.8 Å². The van der Waals surface area contributed by atoms with Gasteiger partial charge in [-0.15, -0.1) is 11.3 Å². The third-order valence-corrected chi connectivity index (χ3v) is 5.09. The van der Waals surface area contributed by atoms with E-state index in [2.05, 4.69) is 4.98 Å². The first-order chi connectivity index (χ1) is 10.2. The molecule has 0 radical (unpaired) electrons. The minimum atomic E-state index is -3.63. The van der Waals surface area contributed by atoms with Gasteiger partial charge in [0.05, 0.1) is 12.4 Å². The van der Waals surface area contributed by atoms with Crippen LogP contribution in [0.25, 0.3) is 0 Å². The van der Waals surface area contributed by atoms with Gasteiger partial charge in [0.2, 0.25) is 15.9 Å². The van der Waals surface area contributed by atoms with Crippen LogP contribution < -0.4 is 10.0 Å². The van der Waals surface area contributed by atoms with Crippen LogP contribution >= 0.6 is 11.3 Å². The van der Waals surface area contributed by atoms with Crippen LogP contribution in [0.5, 0.6) is 0 Å². The first-order valence-corrected chi connectivity index (χ1v) is 9.19. The Kier molecular flexibility index (Phi) is 4.83. The largest absolute Gasteiger partial charge is 0.461 e. The molecule has 2 heterocycles. The van der Waals surface area contributed by atoms with Gasteiger partial charge in [0.25, 0.3) is 0 Å². The zero-order valence-corrected chi connectivity index (χ0v) is 13.9. The number of primary sulfonamides is 1. The highest BCUT2D eigenvalue weighted by Crippen LogP contribution is 2.31. The number of amides is 1. The number of aryl methyl sites for hydroxylation is 1. The fraction of sp³-hybridized carbons (Fsp3) is 0.583. The summed E-state index contributed by atoms with van der Waals surface area (Å²) in [5, 5.41) is 5.39. The fourth-order valence-electron chi connectivity index (χ4n) is 2.29. The molecule has 0 spiro atoms. The van der Waals surface area contributed by atoms with Gasteiger partial charge in [-0.3, -0.25) is 9.69 Å². The summed E-state index contributed by atoms with van der Waals surface area (Å²) < 4.78 is 27.2. The van der Waals surface area contributed by atoms with E-state index in [1.165, 1.54) is 16.2 Å². The number of hydrogen-bond acceptors (Lipinski definition) is 7. The number of nitrogens with two attached hydrogens (primary N) is 1. The van der Waals surface area contributed by atoms with Crippen molar-refractivity contribution in [2.45, 2.75) is 20.3 Å². The van der Waals surface area contributed by atoms with Crippen molar-refractivity contribution >= 4 is 38.4 Å². The molecule has 8 nitrogen and oxygen atoms in total. The summed E-state index contributed by atoms with van der Waals surface area (Å²) in [6, 6.07) is 0. The molecule has 10 heteroatoms. The molecule has 1 aliphatic rings. The highest BCUT2D eigenvalue weighted by Gasteiger charge is 2.35. The lowest BCUT2D eigenvalue weighted by atomic mass is 10.1. The number of ether oxygens (including phenoxy) is 1. The molecule has 1 atom stereocenters. The molecular weight excluding hydrogens is 330 g/mol. The molecule has 2 N–H and O–H groups in total. The lowest BCUT2D eigenvalue weighted by Gasteiger charge is -2.12. The van der Waals surface area contributed by atoms with Crippen LogP contribution in [0.2, 0.25) is 0 Å². The van der Waals surface area contributed by atoms with Gasteiger partial charge in [0.1, 0.15) is 0 Å². The molecule has 122 valence electrons. The van der Waals surface area contributed by atoms with Crippen LogP contribution in [0.1, 0.15) is 28.7 Å². The van der Waals surface area contributed by atoms with Crippen LogP contribution in [-0.4, -0.2) is 44.2 Å². The summed E-state index contributed by atoms with van der Waals surface area (Å²) >= 11 is 1.20. The zero-order valence-electron chi connectivity index (χ0n) is 12.2. The van der Waals surface area contributed by atoms with Crippen molar-refractivity contribution in [3.8, 4) is 0 Å². The maximum Gasteiger partial charge on any atom is 0.358 e. The van der Waals surface area contributed by atoms with Crippen molar-refractivity contribution in [3.05, 3.63) is 10.6 Å². The van der Waals surface area contributed by atoms with Crippen molar-refractivity contribution < 1.29 is 22.7 Å². The Hall–Kier alpha value is -1.52. The van der Waals surface area contributed by atoms with Crippen molar-refractivity contribution in [3.63, 3.8) is 0 Å². The average Bonchev–Trinajstić information content (AvgIpc) is 2.91. The van der Waals surface area contributed by atoms with E-state index in [1.54, 1.807) is 13.8 Å². The number of sulfonamides is 1. The van der Waals surface area contributed by atoms with Gasteiger partial charge < -0.3 is 4.74 Å². The Labute approximate surface area is 132 Å². The first kappa shape index (κ1) is 16.8. The minimum Gasteiger partial charge on any atom is -0.461 e. The maximum absolute atomic E-state index is 12.0. The van der Waals surface area contributed by atoms with Gasteiger partial charge in [0, 0.05) is 23.8 Å². The predicted octanol–water partition coefficient (Wildman–Crippen LogP) is 0.270. The van der Waals surface area contributed by atoms with E-state index in [4.69, 9.17) is 9.88 Å². The molecule has 1 aromatic heterocycles. The predicted molar refractivity (Wildman–Crippen MR) is 81.2 cm³/mol. The summed E-state index contributed by atoms with van der Waals surface area (Å²) in [7, 11) is -3.63. The zero-order chi connectivity index (χ0) is 16.5. The fourth-order valence-corrected chi connectivity index (χ4v) is 4.10. The van der Waals surface area contributed by atoms with E-state index in [-0.39, 0.29) is 42.8 Å². The van der Waals surface area contributed by atoms with Crippen molar-refractivity contribution in [1.29, 1.82) is 0 Å². The molecule has 22 heavy (non-hydrogen) atoms. The van der Waals surface area contributed by atoms with E-state index in [9.17, 15) is 18.0 Å². The molecule has 0 saturated carbocycles. The van der Waals surface area contributed by atoms with Crippen LogP contribution in [-0.2, 0) is 19.6 Å². The van der Waals surface area contributed by atoms with Gasteiger partial charge >= 0.3 is 5.97 Å². The number of thiazole rings is 1.